The predicted octanol–water partition coefficient (Wildman–Crippen LogP) is 3.78. The number of carbonyl (C=O) groups is 1. The molecule has 0 aliphatic heterocycles. The summed E-state index contributed by atoms with van der Waals surface area (Å²) in [7, 11) is 1.57. The first kappa shape index (κ1) is 15.8. The number of nitrogens with zero attached hydrogens (tertiary/aromatic N) is 2. The maximum Gasteiger partial charge on any atom is 0.173 e. The lowest BCUT2D eigenvalue weighted by molar-refractivity contribution is 0.0975. The Balaban J connectivity index is 2.28. The molecule has 0 bridgehead atoms. The lowest BCUT2D eigenvalue weighted by Crippen LogP contribution is -2.14. The molecule has 0 N–H and O–H groups in total. The van der Waals surface area contributed by atoms with Crippen molar-refractivity contribution >= 4 is 17.1 Å². The molecule has 2 rings (SSSR count). The molecule has 22 heavy (non-hydrogen) atoms. The maximum absolute atomic E-state index is 12.3. The van der Waals surface area contributed by atoms with Crippen molar-refractivity contribution in [2.75, 3.05) is 7.11 Å². The molecule has 0 unspecified atom stereocenters. The van der Waals surface area contributed by atoms with Gasteiger partial charge in [0.2, 0.25) is 0 Å². The lowest BCUT2D eigenvalue weighted by atomic mass is 9.83. The molecule has 5 heteroatoms. The summed E-state index contributed by atoms with van der Waals surface area (Å²) in [5.74, 6) is -0.670. The Morgan fingerprint density at radius 3 is 2.41 bits per heavy atom. The molecule has 1 aromatic heterocycles. The number of rotatable bonds is 6. The van der Waals surface area contributed by atoms with E-state index in [1.54, 1.807) is 37.4 Å². The molecular formula is C17H14N2O2S. The largest absolute Gasteiger partial charge is 0.497 e. The van der Waals surface area contributed by atoms with E-state index in [2.05, 4.69) is 0 Å². The Kier molecular flexibility index (Phi) is 5.30. The normalized spacial score (nSPS) is 11.5. The Morgan fingerprint density at radius 1 is 1.23 bits per heavy atom. The molecule has 110 valence electrons. The molecule has 0 aliphatic rings. The van der Waals surface area contributed by atoms with Crippen molar-refractivity contribution in [3.05, 3.63) is 52.2 Å². The van der Waals surface area contributed by atoms with Crippen LogP contribution in [0.5, 0.6) is 5.75 Å². The van der Waals surface area contributed by atoms with E-state index in [9.17, 15) is 15.3 Å². The second-order valence-electron chi connectivity index (χ2n) is 4.72. The molecule has 0 saturated carbocycles. The summed E-state index contributed by atoms with van der Waals surface area (Å²) in [6.45, 7) is 0. The van der Waals surface area contributed by atoms with Crippen LogP contribution in [0, 0.1) is 28.6 Å². The average Bonchev–Trinajstić information content (AvgIpc) is 3.09. The monoisotopic (exact) mass is 310 g/mol. The van der Waals surface area contributed by atoms with Crippen molar-refractivity contribution in [3.8, 4) is 17.9 Å². The highest BCUT2D eigenvalue weighted by molar-refractivity contribution is 7.12. The molecule has 1 aromatic carbocycles. The van der Waals surface area contributed by atoms with Gasteiger partial charge in [0.25, 0.3) is 0 Å². The molecule has 0 saturated heterocycles. The quantitative estimate of drug-likeness (QED) is 0.761. The first-order chi connectivity index (χ1) is 10.7. The van der Waals surface area contributed by atoms with Crippen LogP contribution in [-0.4, -0.2) is 12.9 Å². The van der Waals surface area contributed by atoms with E-state index in [1.807, 2.05) is 23.6 Å². The summed E-state index contributed by atoms with van der Waals surface area (Å²) < 4.78 is 5.11. The van der Waals surface area contributed by atoms with Crippen LogP contribution in [0.25, 0.3) is 0 Å². The first-order valence-corrected chi connectivity index (χ1v) is 7.57. The molecule has 2 aromatic rings. The van der Waals surface area contributed by atoms with E-state index < -0.39 is 11.8 Å². The SMILES string of the molecule is COc1ccc([C@H](CC(=O)c2cccs2)C(C#N)C#N)cc1. The van der Waals surface area contributed by atoms with Gasteiger partial charge in [-0.2, -0.15) is 10.5 Å². The van der Waals surface area contributed by atoms with Gasteiger partial charge in [-0.1, -0.05) is 18.2 Å². The van der Waals surface area contributed by atoms with E-state index in [0.29, 0.717) is 10.6 Å². The first-order valence-electron chi connectivity index (χ1n) is 6.69. The van der Waals surface area contributed by atoms with Crippen molar-refractivity contribution in [1.82, 2.24) is 0 Å². The average molecular weight is 310 g/mol. The van der Waals surface area contributed by atoms with E-state index in [1.165, 1.54) is 11.3 Å². The van der Waals surface area contributed by atoms with Crippen molar-refractivity contribution in [2.24, 2.45) is 5.92 Å². The number of carbonyl (C=O) groups excluding carboxylic acids is 1. The van der Waals surface area contributed by atoms with Crippen molar-refractivity contribution in [1.29, 1.82) is 10.5 Å². The Bertz CT molecular complexity index is 695. The van der Waals surface area contributed by atoms with Crippen LogP contribution in [0.1, 0.15) is 27.6 Å². The summed E-state index contributed by atoms with van der Waals surface area (Å²) in [4.78, 5) is 13.0. The molecule has 4 nitrogen and oxygen atoms in total. The van der Waals surface area contributed by atoms with Crippen LogP contribution in [0.2, 0.25) is 0 Å². The van der Waals surface area contributed by atoms with Crippen LogP contribution >= 0.6 is 11.3 Å². The lowest BCUT2D eigenvalue weighted by Gasteiger charge is -2.17. The minimum atomic E-state index is -0.864. The van der Waals surface area contributed by atoms with E-state index >= 15 is 0 Å². The summed E-state index contributed by atoms with van der Waals surface area (Å²) >= 11 is 1.37. The summed E-state index contributed by atoms with van der Waals surface area (Å²) in [6.07, 6.45) is 0.138. The van der Waals surface area contributed by atoms with Gasteiger partial charge in [0.15, 0.2) is 5.78 Å². The third-order valence-corrected chi connectivity index (χ3v) is 4.34. The fourth-order valence-electron chi connectivity index (χ4n) is 2.23. The molecular weight excluding hydrogens is 296 g/mol. The zero-order chi connectivity index (χ0) is 15.9. The highest BCUT2D eigenvalue weighted by Gasteiger charge is 2.26. The topological polar surface area (TPSA) is 73.9 Å². The predicted molar refractivity (Wildman–Crippen MR) is 83.7 cm³/mol. The fraction of sp³-hybridized carbons (Fsp3) is 0.235. The van der Waals surface area contributed by atoms with Crippen LogP contribution in [0.15, 0.2) is 41.8 Å². The summed E-state index contributed by atoms with van der Waals surface area (Å²) in [5, 5.41) is 20.2. The van der Waals surface area contributed by atoms with E-state index in [0.717, 1.165) is 5.56 Å². The second-order valence-corrected chi connectivity index (χ2v) is 5.67. The van der Waals surface area contributed by atoms with Gasteiger partial charge in [0.05, 0.1) is 24.1 Å². The van der Waals surface area contributed by atoms with Crippen LogP contribution in [0.4, 0.5) is 0 Å². The number of Topliss-reactive ketones (excluding diaryl/α,β-unsaturated/α-hetero) is 1. The van der Waals surface area contributed by atoms with Gasteiger partial charge in [0, 0.05) is 12.3 Å². The van der Waals surface area contributed by atoms with E-state index in [4.69, 9.17) is 4.74 Å². The minimum Gasteiger partial charge on any atom is -0.497 e. The van der Waals surface area contributed by atoms with Gasteiger partial charge < -0.3 is 4.74 Å². The number of hydrogen-bond acceptors (Lipinski definition) is 5. The van der Waals surface area contributed by atoms with Gasteiger partial charge in [-0.25, -0.2) is 0 Å². The standard InChI is InChI=1S/C17H14N2O2S/c1-21-14-6-4-12(5-7-14)15(13(10-18)11-19)9-16(20)17-3-2-8-22-17/h2-8,13,15H,9H2,1H3/t15-/m0/s1. The summed E-state index contributed by atoms with van der Waals surface area (Å²) in [5.41, 5.74) is 0.791. The van der Waals surface area contributed by atoms with Gasteiger partial charge in [-0.15, -0.1) is 11.3 Å². The molecule has 0 radical (unpaired) electrons. The van der Waals surface area contributed by atoms with Gasteiger partial charge >= 0.3 is 0 Å². The van der Waals surface area contributed by atoms with Gasteiger partial charge in [-0.3, -0.25) is 4.79 Å². The highest BCUT2D eigenvalue weighted by atomic mass is 32.1. The van der Waals surface area contributed by atoms with Crippen molar-refractivity contribution in [3.63, 3.8) is 0 Å². The fourth-order valence-corrected chi connectivity index (χ4v) is 2.90. The molecule has 0 amide bonds. The Hall–Kier alpha value is -2.63. The number of thiophene rings is 1. The van der Waals surface area contributed by atoms with Gasteiger partial charge in [-0.05, 0) is 29.1 Å². The van der Waals surface area contributed by atoms with Crippen LogP contribution in [0.3, 0.4) is 0 Å². The van der Waals surface area contributed by atoms with Gasteiger partial charge in [0.1, 0.15) is 11.7 Å². The summed E-state index contributed by atoms with van der Waals surface area (Å²) in [6, 6.07) is 14.7. The molecule has 1 heterocycles. The molecule has 0 fully saturated rings. The Labute approximate surface area is 133 Å². The number of hydrogen-bond donors (Lipinski definition) is 0. The highest BCUT2D eigenvalue weighted by Crippen LogP contribution is 2.31. The zero-order valence-corrected chi connectivity index (χ0v) is 12.8. The van der Waals surface area contributed by atoms with Crippen molar-refractivity contribution < 1.29 is 9.53 Å². The number of benzene rings is 1. The van der Waals surface area contributed by atoms with E-state index in [-0.39, 0.29) is 12.2 Å². The number of nitriles is 2. The number of methoxy groups -OCH3 is 1. The zero-order valence-electron chi connectivity index (χ0n) is 12.0. The second kappa shape index (κ2) is 7.40. The minimum absolute atomic E-state index is 0.0497. The molecule has 1 atom stereocenters. The smallest absolute Gasteiger partial charge is 0.173 e. The molecule has 0 spiro atoms. The van der Waals surface area contributed by atoms with Crippen LogP contribution < -0.4 is 4.74 Å². The third kappa shape index (κ3) is 3.52. The number of ether oxygens (including phenoxy) is 1. The third-order valence-electron chi connectivity index (χ3n) is 3.43. The van der Waals surface area contributed by atoms with Crippen LogP contribution in [-0.2, 0) is 0 Å². The molecule has 0 aliphatic carbocycles. The van der Waals surface area contributed by atoms with Crippen molar-refractivity contribution in [2.45, 2.75) is 12.3 Å². The Morgan fingerprint density at radius 2 is 1.91 bits per heavy atom. The maximum atomic E-state index is 12.3. The number of ketones is 1.